The highest BCUT2D eigenvalue weighted by atomic mass is 16.6. The zero-order valence-corrected chi connectivity index (χ0v) is 18.7. The summed E-state index contributed by atoms with van der Waals surface area (Å²) in [5.74, 6) is -0.598. The molecule has 1 heterocycles. The Labute approximate surface area is 183 Å². The van der Waals surface area contributed by atoms with E-state index in [2.05, 4.69) is 10.6 Å². The molecular formula is C21H35N3O7. The number of alkyl carbamates (subject to hydrolysis) is 1. The zero-order valence-electron chi connectivity index (χ0n) is 18.7. The molecule has 0 radical (unpaired) electrons. The molecule has 1 aliphatic heterocycles. The maximum atomic E-state index is 11.8. The highest BCUT2D eigenvalue weighted by Crippen LogP contribution is 2.08. The van der Waals surface area contributed by atoms with Crippen LogP contribution in [0.4, 0.5) is 4.79 Å². The monoisotopic (exact) mass is 441 g/mol. The van der Waals surface area contributed by atoms with Crippen molar-refractivity contribution in [3.05, 3.63) is 12.2 Å². The minimum Gasteiger partial charge on any atom is -0.444 e. The lowest BCUT2D eigenvalue weighted by Crippen LogP contribution is -2.34. The minimum absolute atomic E-state index is 0.0527. The third-order valence-electron chi connectivity index (χ3n) is 4.04. The molecule has 1 rings (SSSR count). The van der Waals surface area contributed by atoms with Gasteiger partial charge in [-0.2, -0.15) is 0 Å². The lowest BCUT2D eigenvalue weighted by Gasteiger charge is -2.19. The lowest BCUT2D eigenvalue weighted by atomic mass is 10.2. The van der Waals surface area contributed by atoms with Crippen LogP contribution in [0.5, 0.6) is 0 Å². The normalized spacial score (nSPS) is 13.6. The number of carbonyl (C=O) groups is 4. The third-order valence-corrected chi connectivity index (χ3v) is 4.04. The van der Waals surface area contributed by atoms with Crippen LogP contribution in [0.2, 0.25) is 0 Å². The molecule has 176 valence electrons. The standard InChI is InChI=1S/C21H35N3O7/c1-21(2,3)31-20(28)23-11-14-30-16-15-29-13-10-22-17(25)7-5-4-6-12-24-18(26)8-9-19(24)27/h8-9H,4-7,10-16H2,1-3H3,(H,22,25)(H,23,28). The molecule has 0 unspecified atom stereocenters. The van der Waals surface area contributed by atoms with Crippen molar-refractivity contribution >= 4 is 23.8 Å². The van der Waals surface area contributed by atoms with Gasteiger partial charge in [0.25, 0.3) is 11.8 Å². The van der Waals surface area contributed by atoms with E-state index in [1.54, 1.807) is 20.8 Å². The fourth-order valence-electron chi connectivity index (χ4n) is 2.60. The fraction of sp³-hybridized carbons (Fsp3) is 0.714. The van der Waals surface area contributed by atoms with E-state index in [0.717, 1.165) is 6.42 Å². The first-order valence-electron chi connectivity index (χ1n) is 10.6. The molecule has 0 bridgehead atoms. The van der Waals surface area contributed by atoms with Crippen LogP contribution in [-0.2, 0) is 28.6 Å². The second kappa shape index (κ2) is 14.5. The summed E-state index contributed by atoms with van der Waals surface area (Å²) < 4.78 is 15.8. The quantitative estimate of drug-likeness (QED) is 0.289. The largest absolute Gasteiger partial charge is 0.444 e. The molecular weight excluding hydrogens is 406 g/mol. The molecule has 0 atom stereocenters. The second-order valence-electron chi connectivity index (χ2n) is 7.98. The molecule has 2 N–H and O–H groups in total. The van der Waals surface area contributed by atoms with Crippen LogP contribution in [0.25, 0.3) is 0 Å². The predicted molar refractivity (Wildman–Crippen MR) is 113 cm³/mol. The molecule has 0 aromatic rings. The summed E-state index contributed by atoms with van der Waals surface area (Å²) in [7, 11) is 0. The Kier molecular flexibility index (Phi) is 12.5. The van der Waals surface area contributed by atoms with Crippen molar-refractivity contribution in [2.24, 2.45) is 0 Å². The van der Waals surface area contributed by atoms with Crippen molar-refractivity contribution in [1.82, 2.24) is 15.5 Å². The highest BCUT2D eigenvalue weighted by molar-refractivity contribution is 6.12. The van der Waals surface area contributed by atoms with Gasteiger partial charge in [-0.3, -0.25) is 19.3 Å². The van der Waals surface area contributed by atoms with Gasteiger partial charge >= 0.3 is 6.09 Å². The maximum absolute atomic E-state index is 11.8. The summed E-state index contributed by atoms with van der Waals surface area (Å²) in [5.41, 5.74) is -0.525. The average Bonchev–Trinajstić information content (AvgIpc) is 2.99. The molecule has 10 nitrogen and oxygen atoms in total. The van der Waals surface area contributed by atoms with Crippen molar-refractivity contribution in [1.29, 1.82) is 0 Å². The fourth-order valence-corrected chi connectivity index (χ4v) is 2.60. The van der Waals surface area contributed by atoms with Gasteiger partial charge in [0.1, 0.15) is 5.60 Å². The van der Waals surface area contributed by atoms with Gasteiger partial charge in [-0.15, -0.1) is 0 Å². The summed E-state index contributed by atoms with van der Waals surface area (Å²) in [6, 6.07) is 0. The Morgan fingerprint density at radius 2 is 1.45 bits per heavy atom. The van der Waals surface area contributed by atoms with Crippen LogP contribution < -0.4 is 10.6 Å². The van der Waals surface area contributed by atoms with Crippen molar-refractivity contribution in [3.8, 4) is 0 Å². The molecule has 0 aromatic heterocycles. The van der Waals surface area contributed by atoms with Crippen LogP contribution >= 0.6 is 0 Å². The summed E-state index contributed by atoms with van der Waals surface area (Å²) in [4.78, 5) is 47.2. The first kappa shape index (κ1) is 26.6. The molecule has 10 heteroatoms. The van der Waals surface area contributed by atoms with Gasteiger partial charge < -0.3 is 24.8 Å². The van der Waals surface area contributed by atoms with Crippen LogP contribution in [0, 0.1) is 0 Å². The smallest absolute Gasteiger partial charge is 0.407 e. The molecule has 0 fully saturated rings. The average molecular weight is 442 g/mol. The molecule has 31 heavy (non-hydrogen) atoms. The summed E-state index contributed by atoms with van der Waals surface area (Å²) >= 11 is 0. The third kappa shape index (κ3) is 13.5. The number of nitrogens with zero attached hydrogens (tertiary/aromatic N) is 1. The van der Waals surface area contributed by atoms with Gasteiger partial charge in [-0.25, -0.2) is 4.79 Å². The van der Waals surface area contributed by atoms with E-state index in [4.69, 9.17) is 14.2 Å². The molecule has 1 aliphatic rings. The SMILES string of the molecule is CC(C)(C)OC(=O)NCCOCCOCCNC(=O)CCCCCN1C(=O)C=CC1=O. The van der Waals surface area contributed by atoms with E-state index < -0.39 is 11.7 Å². The van der Waals surface area contributed by atoms with Gasteiger partial charge in [0.15, 0.2) is 0 Å². The number of carbonyl (C=O) groups excluding carboxylic acids is 4. The maximum Gasteiger partial charge on any atom is 0.407 e. The molecule has 4 amide bonds. The number of rotatable bonds is 15. The zero-order chi connectivity index (χ0) is 23.1. The van der Waals surface area contributed by atoms with Gasteiger partial charge in [0.05, 0.1) is 26.4 Å². The Morgan fingerprint density at radius 1 is 0.871 bits per heavy atom. The van der Waals surface area contributed by atoms with Crippen LogP contribution in [0.15, 0.2) is 12.2 Å². The topological polar surface area (TPSA) is 123 Å². The number of nitrogens with one attached hydrogen (secondary N) is 2. The van der Waals surface area contributed by atoms with E-state index in [1.807, 2.05) is 0 Å². The molecule has 0 aliphatic carbocycles. The Bertz CT molecular complexity index is 611. The second-order valence-corrected chi connectivity index (χ2v) is 7.98. The number of hydrogen-bond donors (Lipinski definition) is 2. The Balaban J connectivity index is 1.85. The van der Waals surface area contributed by atoms with Crippen LogP contribution in [0.3, 0.4) is 0 Å². The number of imide groups is 1. The predicted octanol–water partition coefficient (Wildman–Crippen LogP) is 1.15. The molecule has 0 saturated heterocycles. The van der Waals surface area contributed by atoms with Crippen LogP contribution in [0.1, 0.15) is 46.5 Å². The number of ether oxygens (including phenoxy) is 3. The van der Waals surface area contributed by atoms with Crippen molar-refractivity contribution < 1.29 is 33.4 Å². The van der Waals surface area contributed by atoms with Crippen molar-refractivity contribution in [2.75, 3.05) is 46.1 Å². The molecule has 0 spiro atoms. The van der Waals surface area contributed by atoms with E-state index in [0.29, 0.717) is 65.3 Å². The van der Waals surface area contributed by atoms with Crippen LogP contribution in [-0.4, -0.2) is 80.4 Å². The number of hydrogen-bond acceptors (Lipinski definition) is 7. The van der Waals surface area contributed by atoms with Crippen molar-refractivity contribution in [2.45, 2.75) is 52.1 Å². The van der Waals surface area contributed by atoms with Gasteiger partial charge in [0, 0.05) is 38.2 Å². The van der Waals surface area contributed by atoms with E-state index in [9.17, 15) is 19.2 Å². The lowest BCUT2D eigenvalue weighted by molar-refractivity contribution is -0.137. The number of unbranched alkanes of at least 4 members (excludes halogenated alkanes) is 2. The van der Waals surface area contributed by atoms with E-state index in [1.165, 1.54) is 17.1 Å². The summed E-state index contributed by atoms with van der Waals surface area (Å²) in [6.07, 6.45) is 4.61. The molecule has 0 aromatic carbocycles. The first-order chi connectivity index (χ1) is 14.7. The van der Waals surface area contributed by atoms with Crippen molar-refractivity contribution in [3.63, 3.8) is 0 Å². The Hall–Kier alpha value is -2.46. The first-order valence-corrected chi connectivity index (χ1v) is 10.6. The van der Waals surface area contributed by atoms with Gasteiger partial charge in [-0.05, 0) is 33.6 Å². The van der Waals surface area contributed by atoms with Gasteiger partial charge in [-0.1, -0.05) is 6.42 Å². The summed E-state index contributed by atoms with van der Waals surface area (Å²) in [5, 5.41) is 5.37. The van der Waals surface area contributed by atoms with E-state index in [-0.39, 0.29) is 17.7 Å². The van der Waals surface area contributed by atoms with Gasteiger partial charge in [0.2, 0.25) is 5.91 Å². The minimum atomic E-state index is -0.525. The Morgan fingerprint density at radius 3 is 2.03 bits per heavy atom. The molecule has 0 saturated carbocycles. The van der Waals surface area contributed by atoms with E-state index >= 15 is 0 Å². The summed E-state index contributed by atoms with van der Waals surface area (Å²) in [6.45, 7) is 8.08. The number of amides is 4. The highest BCUT2D eigenvalue weighted by Gasteiger charge is 2.22.